The zero-order valence-corrected chi connectivity index (χ0v) is 17.6. The van der Waals surface area contributed by atoms with Crippen molar-refractivity contribution in [1.82, 2.24) is 0 Å². The molecule has 0 aromatic heterocycles. The van der Waals surface area contributed by atoms with Gasteiger partial charge in [-0.05, 0) is 0 Å². The first kappa shape index (κ1) is 22.1. The molecule has 5 nitrogen and oxygen atoms in total. The van der Waals surface area contributed by atoms with Gasteiger partial charge in [-0.1, -0.05) is 26.2 Å². The predicted octanol–water partition coefficient (Wildman–Crippen LogP) is 1.93. The second-order valence-corrected chi connectivity index (χ2v) is 8.12. The van der Waals surface area contributed by atoms with E-state index in [1.165, 1.54) is 0 Å². The fourth-order valence-electron chi connectivity index (χ4n) is 4.47. The summed E-state index contributed by atoms with van der Waals surface area (Å²) in [6.07, 6.45) is 4.10. The fourth-order valence-corrected chi connectivity index (χ4v) is 4.47. The van der Waals surface area contributed by atoms with Crippen molar-refractivity contribution in [3.63, 3.8) is 0 Å². The molecule has 0 aromatic rings. The van der Waals surface area contributed by atoms with Gasteiger partial charge in [0.15, 0.2) is 0 Å². The number of hydrogen-bond acceptors (Lipinski definition) is 5. The van der Waals surface area contributed by atoms with Crippen LogP contribution in [0.4, 0.5) is 0 Å². The molecule has 2 atom stereocenters. The third-order valence-corrected chi connectivity index (χ3v) is 5.27. The molecule has 0 amide bonds. The Balaban J connectivity index is 0.000000425. The molecule has 0 heterocycles. The molecule has 0 saturated heterocycles. The standard InChI is InChI=1S/C13H19O5.C5H11.Re/c1-2-3-9(14)18-11-4-10(15)5-12(16,7-11)13(17,6-10)8-11;1-4-5(2)3;/h2,15-17H,3-8H2,1H3;5H,1,4H2,2-3H3;/q2*-1;. The Morgan fingerprint density at radius 3 is 1.92 bits per heavy atom. The normalized spacial score (nSPS) is 41.7. The van der Waals surface area contributed by atoms with E-state index in [4.69, 9.17) is 4.74 Å². The molecule has 2 unspecified atom stereocenters. The number of hydrogen-bond donors (Lipinski definition) is 3. The number of carbonyl (C=O) groups excluding carboxylic acids is 1. The summed E-state index contributed by atoms with van der Waals surface area (Å²) in [5, 5.41) is 31.3. The van der Waals surface area contributed by atoms with E-state index in [0.717, 1.165) is 12.3 Å². The third-order valence-electron chi connectivity index (χ3n) is 5.27. The molecule has 4 rings (SSSR count). The van der Waals surface area contributed by atoms with Crippen LogP contribution in [0.2, 0.25) is 0 Å². The molecule has 24 heavy (non-hydrogen) atoms. The van der Waals surface area contributed by atoms with Crippen LogP contribution in [-0.4, -0.2) is 43.7 Å². The van der Waals surface area contributed by atoms with Crippen molar-refractivity contribution >= 4 is 5.97 Å². The summed E-state index contributed by atoms with van der Waals surface area (Å²) in [6, 6.07) is 0. The average molecular weight is 513 g/mol. The third kappa shape index (κ3) is 4.05. The van der Waals surface area contributed by atoms with Crippen LogP contribution in [0.25, 0.3) is 0 Å². The Morgan fingerprint density at radius 2 is 1.58 bits per heavy atom. The molecule has 4 aliphatic rings. The monoisotopic (exact) mass is 513 g/mol. The maximum Gasteiger partial charge on any atom is 0.276 e. The fraction of sp³-hybridized carbons (Fsp3) is 0.833. The van der Waals surface area contributed by atoms with Gasteiger partial charge in [-0.2, -0.15) is 13.3 Å². The molecule has 0 aromatic carbocycles. The largest absolute Gasteiger partial charge is 0.461 e. The van der Waals surface area contributed by atoms with Crippen LogP contribution in [0.15, 0.2) is 0 Å². The van der Waals surface area contributed by atoms with Crippen LogP contribution < -0.4 is 0 Å². The maximum absolute atomic E-state index is 11.6. The van der Waals surface area contributed by atoms with Gasteiger partial charge in [0.2, 0.25) is 0 Å². The van der Waals surface area contributed by atoms with Crippen molar-refractivity contribution in [3.8, 4) is 0 Å². The molecule has 0 aliphatic heterocycles. The van der Waals surface area contributed by atoms with E-state index >= 15 is 0 Å². The van der Waals surface area contributed by atoms with Gasteiger partial charge in [-0.3, -0.25) is 4.79 Å². The van der Waals surface area contributed by atoms with Gasteiger partial charge in [0, 0.05) is 52.5 Å². The quantitative estimate of drug-likeness (QED) is 0.396. The van der Waals surface area contributed by atoms with Crippen LogP contribution in [0.1, 0.15) is 65.7 Å². The number of esters is 1. The summed E-state index contributed by atoms with van der Waals surface area (Å²) in [4.78, 5) is 11.6. The predicted molar refractivity (Wildman–Crippen MR) is 86.2 cm³/mol. The van der Waals surface area contributed by atoms with Gasteiger partial charge in [-0.25, -0.2) is 0 Å². The maximum atomic E-state index is 11.6. The van der Waals surface area contributed by atoms with E-state index in [0.29, 0.717) is 6.42 Å². The van der Waals surface area contributed by atoms with Crippen molar-refractivity contribution in [2.24, 2.45) is 5.92 Å². The molecule has 4 fully saturated rings. The SMILES string of the molecule is C[CH-]CC(=O)OC12CC3(O)CC(O)(C1)C(O)(C3)C2.[CH2-]CC(C)C.[Re]. The Hall–Kier alpha value is 0.0123. The van der Waals surface area contributed by atoms with E-state index in [2.05, 4.69) is 20.8 Å². The summed E-state index contributed by atoms with van der Waals surface area (Å²) < 4.78 is 5.46. The van der Waals surface area contributed by atoms with Crippen molar-refractivity contribution in [3.05, 3.63) is 13.3 Å². The first-order chi connectivity index (χ1) is 10.5. The summed E-state index contributed by atoms with van der Waals surface area (Å²) in [7, 11) is 0. The van der Waals surface area contributed by atoms with Gasteiger partial charge in [0.25, 0.3) is 5.97 Å². The molecule has 141 valence electrons. The first-order valence-corrected chi connectivity index (χ1v) is 8.47. The summed E-state index contributed by atoms with van der Waals surface area (Å²) >= 11 is 0. The zero-order chi connectivity index (χ0) is 17.5. The minimum atomic E-state index is -1.31. The van der Waals surface area contributed by atoms with E-state index in [-0.39, 0.29) is 58.5 Å². The van der Waals surface area contributed by atoms with Crippen molar-refractivity contribution in [2.75, 3.05) is 0 Å². The first-order valence-electron chi connectivity index (χ1n) is 8.47. The van der Waals surface area contributed by atoms with Crippen LogP contribution in [-0.2, 0) is 30.0 Å². The Labute approximate surface area is 158 Å². The molecule has 4 bridgehead atoms. The molecule has 6 heteroatoms. The number of rotatable bonds is 4. The van der Waals surface area contributed by atoms with Crippen LogP contribution in [0.5, 0.6) is 0 Å². The molecule has 1 radical (unpaired) electrons. The van der Waals surface area contributed by atoms with Gasteiger partial charge >= 0.3 is 0 Å². The summed E-state index contributed by atoms with van der Waals surface area (Å²) in [5.41, 5.74) is -4.61. The van der Waals surface area contributed by atoms with Crippen LogP contribution in [0.3, 0.4) is 0 Å². The van der Waals surface area contributed by atoms with Gasteiger partial charge in [-0.15, -0.1) is 0 Å². The second-order valence-electron chi connectivity index (χ2n) is 8.12. The Bertz CT molecular complexity index is 446. The number of ether oxygens (including phenoxy) is 1. The Kier molecular flexibility index (Phi) is 6.73. The molecule has 4 aliphatic carbocycles. The smallest absolute Gasteiger partial charge is 0.276 e. The number of aliphatic hydroxyl groups is 3. The zero-order valence-electron chi connectivity index (χ0n) is 14.8. The minimum absolute atomic E-state index is 0. The molecular formula is C18H30O5Re-2. The Morgan fingerprint density at radius 1 is 1.12 bits per heavy atom. The average Bonchev–Trinajstić information content (AvgIpc) is 2.60. The van der Waals surface area contributed by atoms with E-state index in [1.54, 1.807) is 13.3 Å². The van der Waals surface area contributed by atoms with E-state index in [9.17, 15) is 20.1 Å². The van der Waals surface area contributed by atoms with Gasteiger partial charge in [0.1, 0.15) is 16.8 Å². The van der Waals surface area contributed by atoms with Crippen LogP contribution in [0, 0.1) is 19.3 Å². The van der Waals surface area contributed by atoms with Crippen molar-refractivity contribution < 1.29 is 45.3 Å². The molecule has 4 saturated carbocycles. The van der Waals surface area contributed by atoms with Crippen molar-refractivity contribution in [1.29, 1.82) is 0 Å². The second kappa shape index (κ2) is 7.33. The van der Waals surface area contributed by atoms with Gasteiger partial charge in [0.05, 0.1) is 5.60 Å². The van der Waals surface area contributed by atoms with Gasteiger partial charge < -0.3 is 33.4 Å². The number of carbonyl (C=O) groups is 1. The van der Waals surface area contributed by atoms with Crippen LogP contribution >= 0.6 is 0 Å². The molecular weight excluding hydrogens is 482 g/mol. The topological polar surface area (TPSA) is 87.0 Å². The minimum Gasteiger partial charge on any atom is -0.461 e. The van der Waals surface area contributed by atoms with Crippen molar-refractivity contribution in [2.45, 2.75) is 88.1 Å². The summed E-state index contributed by atoms with van der Waals surface area (Å²) in [6.45, 7) is 9.77. The molecule has 0 spiro atoms. The summed E-state index contributed by atoms with van der Waals surface area (Å²) in [5.74, 6) is 0.408. The van der Waals surface area contributed by atoms with E-state index in [1.807, 2.05) is 0 Å². The molecule has 3 N–H and O–H groups in total. The van der Waals surface area contributed by atoms with E-state index < -0.39 is 22.4 Å².